The quantitative estimate of drug-likeness (QED) is 0.797. The lowest BCUT2D eigenvalue weighted by molar-refractivity contribution is -0.117. The number of rotatable bonds is 4. The monoisotopic (exact) mass is 199 g/mol. The van der Waals surface area contributed by atoms with E-state index in [0.29, 0.717) is 12.0 Å². The van der Waals surface area contributed by atoms with Gasteiger partial charge in [-0.25, -0.2) is 8.78 Å². The lowest BCUT2D eigenvalue weighted by Gasteiger charge is -2.00. The molecule has 2 N–H and O–H groups in total. The van der Waals surface area contributed by atoms with Crippen LogP contribution in [0.5, 0.6) is 0 Å². The Morgan fingerprint density at radius 2 is 2.00 bits per heavy atom. The smallest absolute Gasteiger partial charge is 0.159 e. The molecular weight excluding hydrogens is 188 g/mol. The highest BCUT2D eigenvalue weighted by Gasteiger charge is 2.04. The van der Waals surface area contributed by atoms with Crippen molar-refractivity contribution >= 4 is 5.78 Å². The zero-order chi connectivity index (χ0) is 10.6. The van der Waals surface area contributed by atoms with Crippen LogP contribution in [0.15, 0.2) is 18.2 Å². The van der Waals surface area contributed by atoms with E-state index in [2.05, 4.69) is 0 Å². The van der Waals surface area contributed by atoms with Crippen LogP contribution in [0, 0.1) is 11.6 Å². The van der Waals surface area contributed by atoms with Gasteiger partial charge in [0.05, 0.1) is 6.54 Å². The van der Waals surface area contributed by atoms with Gasteiger partial charge in [-0.3, -0.25) is 4.79 Å². The largest absolute Gasteiger partial charge is 0.324 e. The van der Waals surface area contributed by atoms with E-state index in [4.69, 9.17) is 5.73 Å². The Morgan fingerprint density at radius 1 is 1.29 bits per heavy atom. The lowest BCUT2D eigenvalue weighted by atomic mass is 10.1. The molecule has 0 saturated carbocycles. The minimum atomic E-state index is -0.886. The molecular formula is C10H11F2NO. The molecule has 2 nitrogen and oxygen atoms in total. The van der Waals surface area contributed by atoms with Gasteiger partial charge in [-0.15, -0.1) is 0 Å². The fourth-order valence-electron chi connectivity index (χ4n) is 1.08. The molecule has 76 valence electrons. The van der Waals surface area contributed by atoms with E-state index in [0.717, 1.165) is 12.1 Å². The van der Waals surface area contributed by atoms with Gasteiger partial charge in [0.15, 0.2) is 11.6 Å². The maximum atomic E-state index is 12.7. The van der Waals surface area contributed by atoms with Gasteiger partial charge in [0, 0.05) is 6.42 Å². The van der Waals surface area contributed by atoms with Crippen LogP contribution in [0.4, 0.5) is 8.78 Å². The Kier molecular flexibility index (Phi) is 3.71. The molecule has 0 amide bonds. The number of hydrogen-bond acceptors (Lipinski definition) is 2. The first-order valence-corrected chi connectivity index (χ1v) is 4.29. The van der Waals surface area contributed by atoms with Crippen molar-refractivity contribution in [2.24, 2.45) is 5.73 Å². The minimum absolute atomic E-state index is 0.0102. The average molecular weight is 199 g/mol. The van der Waals surface area contributed by atoms with Gasteiger partial charge in [0.1, 0.15) is 5.78 Å². The number of aryl methyl sites for hydroxylation is 1. The predicted molar refractivity (Wildman–Crippen MR) is 48.7 cm³/mol. The third-order valence-electron chi connectivity index (χ3n) is 1.90. The normalized spacial score (nSPS) is 10.2. The first kappa shape index (κ1) is 10.8. The van der Waals surface area contributed by atoms with E-state index < -0.39 is 11.6 Å². The number of carbonyl (C=O) groups excluding carboxylic acids is 1. The standard InChI is InChI=1S/C10H11F2NO/c11-9-4-2-7(5-10(9)12)1-3-8(14)6-13/h2,4-5H,1,3,6,13H2. The molecule has 0 heterocycles. The number of benzene rings is 1. The van der Waals surface area contributed by atoms with E-state index in [1.165, 1.54) is 6.07 Å². The van der Waals surface area contributed by atoms with Gasteiger partial charge in [0.2, 0.25) is 0 Å². The summed E-state index contributed by atoms with van der Waals surface area (Å²) in [5, 5.41) is 0. The van der Waals surface area contributed by atoms with Crippen LogP contribution in [0.3, 0.4) is 0 Å². The van der Waals surface area contributed by atoms with Crippen LogP contribution < -0.4 is 5.73 Å². The van der Waals surface area contributed by atoms with Crippen molar-refractivity contribution < 1.29 is 13.6 Å². The first-order chi connectivity index (χ1) is 6.63. The first-order valence-electron chi connectivity index (χ1n) is 4.29. The summed E-state index contributed by atoms with van der Waals surface area (Å²) in [6.45, 7) is -0.0102. The van der Waals surface area contributed by atoms with Gasteiger partial charge in [-0.1, -0.05) is 6.07 Å². The van der Waals surface area contributed by atoms with Crippen LogP contribution in [-0.2, 0) is 11.2 Å². The SMILES string of the molecule is NCC(=O)CCc1ccc(F)c(F)c1. The highest BCUT2D eigenvalue weighted by molar-refractivity contribution is 5.80. The molecule has 0 unspecified atom stereocenters. The van der Waals surface area contributed by atoms with Crippen LogP contribution in [0.25, 0.3) is 0 Å². The molecule has 14 heavy (non-hydrogen) atoms. The van der Waals surface area contributed by atoms with Crippen molar-refractivity contribution in [2.75, 3.05) is 6.54 Å². The highest BCUT2D eigenvalue weighted by atomic mass is 19.2. The van der Waals surface area contributed by atoms with Gasteiger partial charge in [0.25, 0.3) is 0 Å². The molecule has 0 atom stereocenters. The summed E-state index contributed by atoms with van der Waals surface area (Å²) in [5.41, 5.74) is 5.71. The molecule has 0 aliphatic heterocycles. The fourth-order valence-corrected chi connectivity index (χ4v) is 1.08. The molecule has 1 aromatic carbocycles. The summed E-state index contributed by atoms with van der Waals surface area (Å²) < 4.78 is 25.2. The third-order valence-corrected chi connectivity index (χ3v) is 1.90. The average Bonchev–Trinajstić information content (AvgIpc) is 2.19. The second kappa shape index (κ2) is 4.81. The fraction of sp³-hybridized carbons (Fsp3) is 0.300. The molecule has 0 radical (unpaired) electrons. The van der Waals surface area contributed by atoms with Gasteiger partial charge >= 0.3 is 0 Å². The number of ketones is 1. The van der Waals surface area contributed by atoms with E-state index in [1.54, 1.807) is 0 Å². The maximum absolute atomic E-state index is 12.7. The predicted octanol–water partition coefficient (Wildman–Crippen LogP) is 1.43. The highest BCUT2D eigenvalue weighted by Crippen LogP contribution is 2.10. The Bertz CT molecular complexity index is 339. The molecule has 0 saturated heterocycles. The van der Waals surface area contributed by atoms with Crippen LogP contribution in [0.2, 0.25) is 0 Å². The molecule has 0 bridgehead atoms. The number of halogens is 2. The lowest BCUT2D eigenvalue weighted by Crippen LogP contribution is -2.13. The molecule has 0 fully saturated rings. The molecule has 0 aliphatic rings. The van der Waals surface area contributed by atoms with Gasteiger partial charge < -0.3 is 5.73 Å². The van der Waals surface area contributed by atoms with Crippen molar-refractivity contribution in [1.82, 2.24) is 0 Å². The van der Waals surface area contributed by atoms with Crippen molar-refractivity contribution in [3.8, 4) is 0 Å². The topological polar surface area (TPSA) is 43.1 Å². The summed E-state index contributed by atoms with van der Waals surface area (Å²) in [7, 11) is 0. The summed E-state index contributed by atoms with van der Waals surface area (Å²) in [6.07, 6.45) is 0.662. The Balaban J connectivity index is 2.60. The van der Waals surface area contributed by atoms with Gasteiger partial charge in [-0.2, -0.15) is 0 Å². The summed E-state index contributed by atoms with van der Waals surface area (Å²) in [6, 6.07) is 3.61. The number of hydrogen-bond donors (Lipinski definition) is 1. The molecule has 1 rings (SSSR count). The van der Waals surface area contributed by atoms with E-state index in [9.17, 15) is 13.6 Å². The zero-order valence-corrected chi connectivity index (χ0v) is 7.59. The zero-order valence-electron chi connectivity index (χ0n) is 7.59. The van der Waals surface area contributed by atoms with Crippen molar-refractivity contribution in [1.29, 1.82) is 0 Å². The molecule has 0 aromatic heterocycles. The maximum Gasteiger partial charge on any atom is 0.159 e. The minimum Gasteiger partial charge on any atom is -0.324 e. The van der Waals surface area contributed by atoms with Crippen molar-refractivity contribution in [3.63, 3.8) is 0 Å². The Labute approximate surface area is 80.7 Å². The van der Waals surface area contributed by atoms with Crippen LogP contribution >= 0.6 is 0 Å². The van der Waals surface area contributed by atoms with Crippen molar-refractivity contribution in [3.05, 3.63) is 35.4 Å². The number of carbonyl (C=O) groups is 1. The molecule has 4 heteroatoms. The molecule has 0 spiro atoms. The number of nitrogens with two attached hydrogens (primary N) is 1. The van der Waals surface area contributed by atoms with Crippen LogP contribution in [-0.4, -0.2) is 12.3 Å². The van der Waals surface area contributed by atoms with E-state index >= 15 is 0 Å². The second-order valence-corrected chi connectivity index (χ2v) is 2.99. The number of Topliss-reactive ketones (excluding diaryl/α,β-unsaturated/α-hetero) is 1. The molecule has 1 aromatic rings. The van der Waals surface area contributed by atoms with Gasteiger partial charge in [-0.05, 0) is 24.1 Å². The Hall–Kier alpha value is -1.29. The van der Waals surface area contributed by atoms with Crippen molar-refractivity contribution in [2.45, 2.75) is 12.8 Å². The van der Waals surface area contributed by atoms with E-state index in [1.807, 2.05) is 0 Å². The van der Waals surface area contributed by atoms with Crippen LogP contribution in [0.1, 0.15) is 12.0 Å². The van der Waals surface area contributed by atoms with E-state index in [-0.39, 0.29) is 18.7 Å². The Morgan fingerprint density at radius 3 is 2.57 bits per heavy atom. The summed E-state index contributed by atoms with van der Waals surface area (Å²) >= 11 is 0. The second-order valence-electron chi connectivity index (χ2n) is 2.99. The third kappa shape index (κ3) is 2.88. The summed E-state index contributed by atoms with van der Waals surface area (Å²) in [5.74, 6) is -1.85. The summed E-state index contributed by atoms with van der Waals surface area (Å²) in [4.78, 5) is 10.8. The molecule has 0 aliphatic carbocycles.